The summed E-state index contributed by atoms with van der Waals surface area (Å²) in [6, 6.07) is 11.1. The third-order valence-electron chi connectivity index (χ3n) is 4.34. The van der Waals surface area contributed by atoms with Crippen LogP contribution in [0.1, 0.15) is 5.56 Å². The van der Waals surface area contributed by atoms with E-state index in [9.17, 15) is 9.50 Å². The van der Waals surface area contributed by atoms with Gasteiger partial charge < -0.3 is 14.7 Å². The normalized spacial score (nSPS) is 14.8. The van der Waals surface area contributed by atoms with Gasteiger partial charge >= 0.3 is 0 Å². The van der Waals surface area contributed by atoms with Crippen LogP contribution in [0.15, 0.2) is 47.7 Å². The number of ether oxygens (including phenoxy) is 1. The predicted molar refractivity (Wildman–Crippen MR) is 102 cm³/mol. The first-order valence-electron chi connectivity index (χ1n) is 8.57. The number of aromatic hydroxyl groups is 1. The Morgan fingerprint density at radius 1 is 1.19 bits per heavy atom. The molecular weight excluding hydrogens is 349 g/mol. The molecule has 1 aliphatic heterocycles. The van der Waals surface area contributed by atoms with Crippen LogP contribution in [0.2, 0.25) is 0 Å². The van der Waals surface area contributed by atoms with E-state index < -0.39 is 5.82 Å². The monoisotopic (exact) mass is 367 g/mol. The van der Waals surface area contributed by atoms with E-state index in [2.05, 4.69) is 20.5 Å². The Morgan fingerprint density at radius 3 is 2.85 bits per heavy atom. The standard InChI is InChI=1S/C19H18FN5O2/c20-16-12-21-19(23-18(16)25-7-9-27-10-8-25)24-22-11-15-14-4-2-1-3-13(14)5-6-17(15)26/h1-6,11-12,26H,7-10H2,(H,21,23,24)/b22-11+. The minimum Gasteiger partial charge on any atom is -0.507 e. The fraction of sp³-hybridized carbons (Fsp3) is 0.211. The van der Waals surface area contributed by atoms with Gasteiger partial charge in [-0.25, -0.2) is 14.8 Å². The Morgan fingerprint density at radius 2 is 2.00 bits per heavy atom. The molecule has 0 spiro atoms. The van der Waals surface area contributed by atoms with E-state index >= 15 is 0 Å². The highest BCUT2D eigenvalue weighted by molar-refractivity contribution is 6.02. The van der Waals surface area contributed by atoms with Crippen LogP contribution in [-0.4, -0.2) is 47.6 Å². The summed E-state index contributed by atoms with van der Waals surface area (Å²) in [5.74, 6) is 0.0271. The second-order valence-corrected chi connectivity index (χ2v) is 6.05. The van der Waals surface area contributed by atoms with Gasteiger partial charge in [0.1, 0.15) is 5.75 Å². The molecule has 27 heavy (non-hydrogen) atoms. The maximum Gasteiger partial charge on any atom is 0.245 e. The van der Waals surface area contributed by atoms with E-state index in [0.29, 0.717) is 31.9 Å². The first-order valence-corrected chi connectivity index (χ1v) is 8.57. The number of phenols is 1. The molecule has 7 nitrogen and oxygen atoms in total. The second-order valence-electron chi connectivity index (χ2n) is 6.05. The molecule has 1 aromatic heterocycles. The number of hydrazone groups is 1. The van der Waals surface area contributed by atoms with Crippen LogP contribution in [0.4, 0.5) is 16.2 Å². The van der Waals surface area contributed by atoms with Gasteiger partial charge in [0.25, 0.3) is 0 Å². The zero-order valence-corrected chi connectivity index (χ0v) is 14.5. The Balaban J connectivity index is 1.56. The molecule has 0 aliphatic carbocycles. The second kappa shape index (κ2) is 7.55. The lowest BCUT2D eigenvalue weighted by atomic mass is 10.0. The number of halogens is 1. The number of hydrogen-bond acceptors (Lipinski definition) is 7. The Labute approximate surface area is 155 Å². The van der Waals surface area contributed by atoms with E-state index in [-0.39, 0.29) is 17.5 Å². The molecule has 2 heterocycles. The number of phenolic OH excluding ortho intramolecular Hbond substituents is 1. The van der Waals surface area contributed by atoms with Crippen LogP contribution in [0.25, 0.3) is 10.8 Å². The Bertz CT molecular complexity index is 989. The van der Waals surface area contributed by atoms with Crippen molar-refractivity contribution in [3.05, 3.63) is 54.0 Å². The molecular formula is C19H18FN5O2. The molecule has 8 heteroatoms. The zero-order chi connectivity index (χ0) is 18.6. The maximum atomic E-state index is 14.1. The molecule has 0 atom stereocenters. The van der Waals surface area contributed by atoms with Crippen LogP contribution in [0.5, 0.6) is 5.75 Å². The number of fused-ring (bicyclic) bond motifs is 1. The zero-order valence-electron chi connectivity index (χ0n) is 14.5. The molecule has 0 radical (unpaired) electrons. The largest absolute Gasteiger partial charge is 0.507 e. The molecule has 4 rings (SSSR count). The highest BCUT2D eigenvalue weighted by atomic mass is 19.1. The quantitative estimate of drug-likeness (QED) is 0.545. The first-order chi connectivity index (χ1) is 13.2. The third kappa shape index (κ3) is 3.65. The van der Waals surface area contributed by atoms with Crippen molar-refractivity contribution in [1.29, 1.82) is 0 Å². The van der Waals surface area contributed by atoms with Gasteiger partial charge in [-0.15, -0.1) is 0 Å². The smallest absolute Gasteiger partial charge is 0.245 e. The van der Waals surface area contributed by atoms with Gasteiger partial charge in [0.2, 0.25) is 5.95 Å². The van der Waals surface area contributed by atoms with Crippen LogP contribution in [0.3, 0.4) is 0 Å². The average molecular weight is 367 g/mol. The number of nitrogens with zero attached hydrogens (tertiary/aromatic N) is 4. The summed E-state index contributed by atoms with van der Waals surface area (Å²) in [6.45, 7) is 2.20. The van der Waals surface area contributed by atoms with Gasteiger partial charge in [0.05, 0.1) is 25.6 Å². The number of benzene rings is 2. The van der Waals surface area contributed by atoms with E-state index in [4.69, 9.17) is 4.74 Å². The SMILES string of the molecule is Oc1ccc2ccccc2c1/C=N/Nc1ncc(F)c(N2CCOCC2)n1. The number of nitrogens with one attached hydrogen (secondary N) is 1. The van der Waals surface area contributed by atoms with Crippen molar-refractivity contribution in [2.75, 3.05) is 36.6 Å². The van der Waals surface area contributed by atoms with E-state index in [1.165, 1.54) is 6.21 Å². The summed E-state index contributed by atoms with van der Waals surface area (Å²) in [6.07, 6.45) is 2.61. The molecule has 0 saturated carbocycles. The van der Waals surface area contributed by atoms with Crippen LogP contribution in [-0.2, 0) is 4.74 Å². The summed E-state index contributed by atoms with van der Waals surface area (Å²) in [5.41, 5.74) is 3.28. The Hall–Kier alpha value is -3.26. The molecule has 3 aromatic rings. The van der Waals surface area contributed by atoms with E-state index in [1.54, 1.807) is 6.07 Å². The van der Waals surface area contributed by atoms with Crippen molar-refractivity contribution in [2.45, 2.75) is 0 Å². The van der Waals surface area contributed by atoms with Crippen molar-refractivity contribution < 1.29 is 14.2 Å². The molecule has 1 fully saturated rings. The number of aromatic nitrogens is 2. The van der Waals surface area contributed by atoms with Gasteiger partial charge in [0.15, 0.2) is 11.6 Å². The van der Waals surface area contributed by atoms with Crippen LogP contribution < -0.4 is 10.3 Å². The molecule has 1 aliphatic rings. The van der Waals surface area contributed by atoms with E-state index in [1.807, 2.05) is 35.2 Å². The molecule has 2 N–H and O–H groups in total. The lowest BCUT2D eigenvalue weighted by Gasteiger charge is -2.27. The molecule has 0 unspecified atom stereocenters. The molecule has 0 bridgehead atoms. The fourth-order valence-electron chi connectivity index (χ4n) is 2.98. The maximum absolute atomic E-state index is 14.1. The minimum absolute atomic E-state index is 0.119. The Kier molecular flexibility index (Phi) is 4.80. The van der Waals surface area contributed by atoms with Crippen molar-refractivity contribution in [1.82, 2.24) is 9.97 Å². The molecule has 0 amide bonds. The van der Waals surface area contributed by atoms with Gasteiger partial charge in [-0.1, -0.05) is 30.3 Å². The summed E-state index contributed by atoms with van der Waals surface area (Å²) >= 11 is 0. The number of hydrogen-bond donors (Lipinski definition) is 2. The molecule has 138 valence electrons. The highest BCUT2D eigenvalue weighted by Crippen LogP contribution is 2.25. The van der Waals surface area contributed by atoms with Crippen molar-refractivity contribution in [3.63, 3.8) is 0 Å². The lowest BCUT2D eigenvalue weighted by molar-refractivity contribution is 0.122. The fourth-order valence-corrected chi connectivity index (χ4v) is 2.98. The van der Waals surface area contributed by atoms with Gasteiger partial charge in [-0.3, -0.25) is 0 Å². The topological polar surface area (TPSA) is 82.9 Å². The summed E-state index contributed by atoms with van der Waals surface area (Å²) < 4.78 is 19.3. The van der Waals surface area contributed by atoms with Gasteiger partial charge in [0, 0.05) is 18.7 Å². The van der Waals surface area contributed by atoms with Crippen molar-refractivity contribution in [3.8, 4) is 5.75 Å². The van der Waals surface area contributed by atoms with Crippen molar-refractivity contribution >= 4 is 28.8 Å². The average Bonchev–Trinajstić information content (AvgIpc) is 2.71. The minimum atomic E-state index is -0.488. The third-order valence-corrected chi connectivity index (χ3v) is 4.34. The first kappa shape index (κ1) is 17.2. The molecule has 2 aromatic carbocycles. The number of anilines is 2. The molecule has 1 saturated heterocycles. The van der Waals surface area contributed by atoms with Gasteiger partial charge in [-0.2, -0.15) is 10.1 Å². The van der Waals surface area contributed by atoms with Gasteiger partial charge in [-0.05, 0) is 16.8 Å². The predicted octanol–water partition coefficient (Wildman–Crippen LogP) is 2.76. The lowest BCUT2D eigenvalue weighted by Crippen LogP contribution is -2.37. The summed E-state index contributed by atoms with van der Waals surface area (Å²) in [5, 5.41) is 16.1. The van der Waals surface area contributed by atoms with Crippen LogP contribution >= 0.6 is 0 Å². The van der Waals surface area contributed by atoms with Crippen LogP contribution in [0, 0.1) is 5.82 Å². The number of rotatable bonds is 4. The highest BCUT2D eigenvalue weighted by Gasteiger charge is 2.17. The van der Waals surface area contributed by atoms with Crippen molar-refractivity contribution in [2.24, 2.45) is 5.10 Å². The summed E-state index contributed by atoms with van der Waals surface area (Å²) in [7, 11) is 0. The summed E-state index contributed by atoms with van der Waals surface area (Å²) in [4.78, 5) is 9.94. The van der Waals surface area contributed by atoms with E-state index in [0.717, 1.165) is 17.0 Å². The number of morpholine rings is 1.